The molecule has 18 heavy (non-hydrogen) atoms. The molecule has 10 heteroatoms. The van der Waals surface area contributed by atoms with Crippen molar-refractivity contribution in [3.05, 3.63) is 0 Å². The zero-order chi connectivity index (χ0) is 14.2. The second kappa shape index (κ2) is 5.35. The monoisotopic (exact) mass is 344 g/mol. The molecular formula is C8H28O5Si5+2. The summed E-state index contributed by atoms with van der Waals surface area (Å²) >= 11 is 0. The highest BCUT2D eigenvalue weighted by Gasteiger charge is 2.46. The normalized spacial score (nSPS) is 30.7. The van der Waals surface area contributed by atoms with Crippen molar-refractivity contribution < 1.29 is 23.4 Å². The van der Waals surface area contributed by atoms with Gasteiger partial charge < -0.3 is 20.6 Å². The van der Waals surface area contributed by atoms with E-state index in [1.807, 2.05) is 0 Å². The van der Waals surface area contributed by atoms with Crippen LogP contribution in [0.15, 0.2) is 0 Å². The molecule has 1 saturated heterocycles. The van der Waals surface area contributed by atoms with Crippen molar-refractivity contribution in [3.63, 3.8) is 0 Å². The average molecular weight is 345 g/mol. The zero-order valence-electron chi connectivity index (χ0n) is 14.7. The second-order valence-corrected chi connectivity index (χ2v) is 22.5. The first-order valence-electron chi connectivity index (χ1n) is 6.21. The van der Waals surface area contributed by atoms with Gasteiger partial charge in [0.2, 0.25) is 0 Å². The highest BCUT2D eigenvalue weighted by molar-refractivity contribution is 6.89. The fourth-order valence-electron chi connectivity index (χ4n) is 2.19. The third kappa shape index (κ3) is 5.89. The summed E-state index contributed by atoms with van der Waals surface area (Å²) in [6.45, 7) is 16.5. The molecule has 0 unspecified atom stereocenters. The van der Waals surface area contributed by atoms with Gasteiger partial charge in [-0.25, -0.2) is 0 Å². The van der Waals surface area contributed by atoms with E-state index in [2.05, 4.69) is 52.4 Å². The first-order chi connectivity index (χ1) is 7.83. The van der Waals surface area contributed by atoms with E-state index in [9.17, 15) is 0 Å². The van der Waals surface area contributed by atoms with E-state index in [4.69, 9.17) is 20.6 Å². The van der Waals surface area contributed by atoms with Gasteiger partial charge in [0.05, 0.1) is 0 Å². The molecule has 1 heterocycles. The van der Waals surface area contributed by atoms with Gasteiger partial charge in [-0.15, -0.1) is 0 Å². The molecule has 0 aliphatic carbocycles. The second-order valence-electron chi connectivity index (χ2n) is 6.31. The fourth-order valence-corrected chi connectivity index (χ4v) is 22.0. The van der Waals surface area contributed by atoms with E-state index in [1.165, 1.54) is 0 Å². The van der Waals surface area contributed by atoms with Crippen LogP contribution in [0.4, 0.5) is 0 Å². The molecule has 0 aromatic carbocycles. The molecule has 1 aliphatic heterocycles. The van der Waals surface area contributed by atoms with Crippen LogP contribution < -0.4 is 0 Å². The smallest absolute Gasteiger partial charge is 0.420 e. The first kappa shape index (κ1) is 16.9. The Morgan fingerprint density at radius 1 is 0.556 bits per heavy atom. The van der Waals surface area contributed by atoms with Crippen LogP contribution in [0.1, 0.15) is 2.85 Å². The van der Waals surface area contributed by atoms with E-state index in [-0.39, 0.29) is 2.85 Å². The Kier molecular flexibility index (Phi) is 5.03. The molecular weight excluding hydrogens is 317 g/mol. The van der Waals surface area contributed by atoms with Gasteiger partial charge in [-0.1, -0.05) is 0 Å². The molecule has 0 aromatic rings. The summed E-state index contributed by atoms with van der Waals surface area (Å²) in [5.74, 6) is 0. The van der Waals surface area contributed by atoms with Crippen LogP contribution in [0, 0.1) is 0 Å². The van der Waals surface area contributed by atoms with Crippen LogP contribution in [0.5, 0.6) is 0 Å². The molecule has 0 bridgehead atoms. The highest BCUT2D eigenvalue weighted by Crippen LogP contribution is 2.25. The molecule has 0 N–H and O–H groups in total. The Labute approximate surface area is 120 Å². The lowest BCUT2D eigenvalue weighted by molar-refractivity contribution is 0.257. The van der Waals surface area contributed by atoms with Gasteiger partial charge in [-0.05, 0) is 52.4 Å². The summed E-state index contributed by atoms with van der Waals surface area (Å²) in [5.41, 5.74) is 0. The van der Waals surface area contributed by atoms with E-state index in [1.54, 1.807) is 0 Å². The van der Waals surface area contributed by atoms with Crippen molar-refractivity contribution in [3.8, 4) is 0 Å². The van der Waals surface area contributed by atoms with Crippen molar-refractivity contribution in [2.45, 2.75) is 52.4 Å². The first-order valence-corrected chi connectivity index (χ1v) is 18.6. The highest BCUT2D eigenvalue weighted by atomic mass is 28.5. The molecule has 1 rings (SSSR count). The summed E-state index contributed by atoms with van der Waals surface area (Å²) in [6, 6.07) is 0. The van der Waals surface area contributed by atoms with Gasteiger partial charge in [0.1, 0.15) is 0 Å². The van der Waals surface area contributed by atoms with Crippen LogP contribution in [-0.4, -0.2) is 44.3 Å². The summed E-state index contributed by atoms with van der Waals surface area (Å²) in [7, 11) is -9.68. The molecule has 5 nitrogen and oxygen atoms in total. The Hall–Kier alpha value is 0.884. The van der Waals surface area contributed by atoms with Gasteiger partial charge in [0.25, 0.3) is 10.0 Å². The molecule has 0 saturated carbocycles. The van der Waals surface area contributed by atoms with Crippen molar-refractivity contribution in [1.29, 1.82) is 0 Å². The standard InChI is InChI=1S/C8H26O5Si5/c1-15(2)9-14-10-16(3,4)12-18(7,8)13-17(5,6)11-15/h14H2,1-8H3/p+2. The molecule has 1 aliphatic rings. The third-order valence-corrected chi connectivity index (χ3v) is 20.6. The summed E-state index contributed by atoms with van der Waals surface area (Å²) in [4.78, 5) is 0. The molecule has 1 fully saturated rings. The Morgan fingerprint density at radius 3 is 1.17 bits per heavy atom. The van der Waals surface area contributed by atoms with E-state index in [0.29, 0.717) is 0 Å². The minimum atomic E-state index is -2.20. The van der Waals surface area contributed by atoms with E-state index in [0.717, 1.165) is 0 Å². The van der Waals surface area contributed by atoms with Gasteiger partial charge in [-0.3, -0.25) is 0 Å². The van der Waals surface area contributed by atoms with Crippen molar-refractivity contribution in [2.24, 2.45) is 0 Å². The lowest BCUT2D eigenvalue weighted by Crippen LogP contribution is -2.59. The van der Waals surface area contributed by atoms with Crippen molar-refractivity contribution >= 4 is 44.3 Å². The maximum Gasteiger partial charge on any atom is 1.00 e. The molecule has 0 spiro atoms. The van der Waals surface area contributed by atoms with Crippen LogP contribution in [-0.2, 0) is 20.6 Å². The summed E-state index contributed by atoms with van der Waals surface area (Å²) in [5, 5.41) is 0. The Balaban J connectivity index is 0. The predicted molar refractivity (Wildman–Crippen MR) is 86.1 cm³/mol. The summed E-state index contributed by atoms with van der Waals surface area (Å²) in [6.07, 6.45) is 0. The average Bonchev–Trinajstić information content (AvgIpc) is 1.91. The summed E-state index contributed by atoms with van der Waals surface area (Å²) < 4.78 is 30.4. The van der Waals surface area contributed by atoms with E-state index < -0.39 is 44.3 Å². The van der Waals surface area contributed by atoms with Crippen LogP contribution in [0.25, 0.3) is 0 Å². The van der Waals surface area contributed by atoms with Crippen molar-refractivity contribution in [2.75, 3.05) is 0 Å². The predicted octanol–water partition coefficient (Wildman–Crippen LogP) is 2.11. The lowest BCUT2D eigenvalue weighted by atomic mass is 11.9. The molecule has 0 radical (unpaired) electrons. The zero-order valence-corrected chi connectivity index (χ0v) is 18.2. The molecule has 0 aromatic heterocycles. The topological polar surface area (TPSA) is 46.2 Å². The number of hydrogen-bond acceptors (Lipinski definition) is 5. The Morgan fingerprint density at radius 2 is 0.833 bits per heavy atom. The maximum absolute atomic E-state index is 6.23. The van der Waals surface area contributed by atoms with Gasteiger partial charge in [-0.2, -0.15) is 0 Å². The van der Waals surface area contributed by atoms with Gasteiger partial charge in [0, 0.05) is 0 Å². The minimum absolute atomic E-state index is 0. The molecule has 108 valence electrons. The van der Waals surface area contributed by atoms with Crippen LogP contribution in [0.2, 0.25) is 52.4 Å². The molecule has 0 atom stereocenters. The fraction of sp³-hybridized carbons (Fsp3) is 1.00. The lowest BCUT2D eigenvalue weighted by Gasteiger charge is -2.42. The molecule has 0 amide bonds. The maximum atomic E-state index is 6.23. The van der Waals surface area contributed by atoms with Gasteiger partial charge in [0.15, 0.2) is 0 Å². The van der Waals surface area contributed by atoms with Gasteiger partial charge >= 0.3 is 37.1 Å². The third-order valence-electron chi connectivity index (χ3n) is 2.29. The largest absolute Gasteiger partial charge is 1.00 e. The van der Waals surface area contributed by atoms with Crippen LogP contribution in [0.3, 0.4) is 0 Å². The Bertz CT molecular complexity index is 288. The van der Waals surface area contributed by atoms with E-state index >= 15 is 0 Å². The van der Waals surface area contributed by atoms with Crippen molar-refractivity contribution in [1.82, 2.24) is 0 Å². The van der Waals surface area contributed by atoms with Crippen LogP contribution >= 0.6 is 0 Å². The number of hydrogen-bond donors (Lipinski definition) is 0. The number of rotatable bonds is 0. The SMILES string of the molecule is C[Si]1(C)O[SiH2]O[Si](C)(C)O[Si](C)(C)O[Si](C)(C)O1.[H+].[H+]. The quantitative estimate of drug-likeness (QED) is 0.630. The minimum Gasteiger partial charge on any atom is -0.420 e.